The summed E-state index contributed by atoms with van der Waals surface area (Å²) in [6.07, 6.45) is -6.98. The molecule has 0 unspecified atom stereocenters. The SMILES string of the molecule is CC(=O)NCCC(F)(F)C(F)(F)F. The molecule has 0 aromatic carbocycles. The maximum atomic E-state index is 12.1. The van der Waals surface area contributed by atoms with Crippen LogP contribution in [-0.4, -0.2) is 24.6 Å². The van der Waals surface area contributed by atoms with E-state index in [9.17, 15) is 26.7 Å². The fourth-order valence-electron chi connectivity index (χ4n) is 0.537. The van der Waals surface area contributed by atoms with Crippen LogP contribution in [0.4, 0.5) is 22.0 Å². The molecule has 1 N–H and O–H groups in total. The zero-order chi connectivity index (χ0) is 10.7. The first kappa shape index (κ1) is 12.1. The lowest BCUT2D eigenvalue weighted by Gasteiger charge is -2.19. The summed E-state index contributed by atoms with van der Waals surface area (Å²) < 4.78 is 58.7. The molecule has 0 aliphatic rings. The Bertz CT molecular complexity index is 188. The summed E-state index contributed by atoms with van der Waals surface area (Å²) in [5.41, 5.74) is 0. The van der Waals surface area contributed by atoms with Gasteiger partial charge < -0.3 is 5.32 Å². The van der Waals surface area contributed by atoms with Crippen LogP contribution in [0.1, 0.15) is 13.3 Å². The van der Waals surface area contributed by atoms with Crippen LogP contribution in [0.3, 0.4) is 0 Å². The van der Waals surface area contributed by atoms with Crippen molar-refractivity contribution >= 4 is 5.91 Å². The Balaban J connectivity index is 3.97. The topological polar surface area (TPSA) is 29.1 Å². The van der Waals surface area contributed by atoms with E-state index in [1.807, 2.05) is 5.32 Å². The number of halogens is 5. The van der Waals surface area contributed by atoms with Crippen molar-refractivity contribution in [3.63, 3.8) is 0 Å². The Morgan fingerprint density at radius 1 is 1.23 bits per heavy atom. The molecule has 0 aromatic heterocycles. The van der Waals surface area contributed by atoms with Crippen molar-refractivity contribution in [2.75, 3.05) is 6.54 Å². The molecule has 0 bridgehead atoms. The highest BCUT2D eigenvalue weighted by Gasteiger charge is 2.56. The van der Waals surface area contributed by atoms with E-state index in [0.717, 1.165) is 6.92 Å². The molecule has 2 nitrogen and oxygen atoms in total. The Morgan fingerprint density at radius 2 is 1.69 bits per heavy atom. The van der Waals surface area contributed by atoms with E-state index in [-0.39, 0.29) is 0 Å². The number of hydrogen-bond acceptors (Lipinski definition) is 1. The van der Waals surface area contributed by atoms with Crippen LogP contribution in [0.5, 0.6) is 0 Å². The molecule has 0 aliphatic heterocycles. The number of nitrogens with one attached hydrogen (secondary N) is 1. The zero-order valence-electron chi connectivity index (χ0n) is 6.71. The summed E-state index contributed by atoms with van der Waals surface area (Å²) in [6.45, 7) is 0.341. The summed E-state index contributed by atoms with van der Waals surface area (Å²) in [4.78, 5) is 10.1. The summed E-state index contributed by atoms with van der Waals surface area (Å²) in [5.74, 6) is -5.38. The summed E-state index contributed by atoms with van der Waals surface area (Å²) >= 11 is 0. The molecule has 0 heterocycles. The number of rotatable bonds is 3. The second kappa shape index (κ2) is 3.89. The van der Waals surface area contributed by atoms with Gasteiger partial charge in [-0.1, -0.05) is 0 Å². The number of hydrogen-bond donors (Lipinski definition) is 1. The van der Waals surface area contributed by atoms with Crippen LogP contribution >= 0.6 is 0 Å². The first-order valence-corrected chi connectivity index (χ1v) is 3.36. The van der Waals surface area contributed by atoms with E-state index >= 15 is 0 Å². The van der Waals surface area contributed by atoms with Gasteiger partial charge >= 0.3 is 12.1 Å². The molecule has 0 atom stereocenters. The van der Waals surface area contributed by atoms with Gasteiger partial charge in [0.25, 0.3) is 0 Å². The van der Waals surface area contributed by atoms with E-state index in [4.69, 9.17) is 0 Å². The average molecular weight is 205 g/mol. The largest absolute Gasteiger partial charge is 0.453 e. The average Bonchev–Trinajstić information content (AvgIpc) is 1.82. The number of carbonyl (C=O) groups is 1. The number of alkyl halides is 5. The maximum absolute atomic E-state index is 12.1. The highest BCUT2D eigenvalue weighted by Crippen LogP contribution is 2.37. The summed E-state index contributed by atoms with van der Waals surface area (Å²) in [5, 5.41) is 1.85. The Kier molecular flexibility index (Phi) is 3.62. The van der Waals surface area contributed by atoms with Crippen LogP contribution in [0.15, 0.2) is 0 Å². The Labute approximate surface area is 71.1 Å². The fraction of sp³-hybridized carbons (Fsp3) is 0.833. The van der Waals surface area contributed by atoms with Crippen molar-refractivity contribution < 1.29 is 26.7 Å². The van der Waals surface area contributed by atoms with Gasteiger partial charge in [0, 0.05) is 19.9 Å². The third-order valence-electron chi connectivity index (χ3n) is 1.23. The molecule has 0 fully saturated rings. The molecule has 13 heavy (non-hydrogen) atoms. The minimum absolute atomic E-state index is 0.641. The fourth-order valence-corrected chi connectivity index (χ4v) is 0.537. The second-order valence-corrected chi connectivity index (χ2v) is 2.44. The van der Waals surface area contributed by atoms with Gasteiger partial charge in [0.2, 0.25) is 5.91 Å². The molecular formula is C6H8F5NO. The molecule has 0 saturated carbocycles. The van der Waals surface area contributed by atoms with Gasteiger partial charge in [-0.15, -0.1) is 0 Å². The van der Waals surface area contributed by atoms with Gasteiger partial charge in [0.1, 0.15) is 0 Å². The van der Waals surface area contributed by atoms with Crippen LogP contribution in [0.2, 0.25) is 0 Å². The normalized spacial score (nSPS) is 12.8. The van der Waals surface area contributed by atoms with Gasteiger partial charge in [0.05, 0.1) is 0 Å². The smallest absolute Gasteiger partial charge is 0.356 e. The lowest BCUT2D eigenvalue weighted by Crippen LogP contribution is -2.39. The number of carbonyl (C=O) groups excluding carboxylic acids is 1. The standard InChI is InChI=1S/C6H8F5NO/c1-4(13)12-3-2-5(7,8)6(9,10)11/h2-3H2,1H3,(H,12,13). The lowest BCUT2D eigenvalue weighted by molar-refractivity contribution is -0.283. The lowest BCUT2D eigenvalue weighted by atomic mass is 10.2. The van der Waals surface area contributed by atoms with Crippen molar-refractivity contribution in [3.05, 3.63) is 0 Å². The zero-order valence-corrected chi connectivity index (χ0v) is 6.71. The molecular weight excluding hydrogens is 197 g/mol. The van der Waals surface area contributed by atoms with E-state index in [0.29, 0.717) is 0 Å². The van der Waals surface area contributed by atoms with Crippen molar-refractivity contribution in [2.24, 2.45) is 0 Å². The Morgan fingerprint density at radius 3 is 2.00 bits per heavy atom. The highest BCUT2D eigenvalue weighted by molar-refractivity contribution is 5.72. The molecule has 0 aliphatic carbocycles. The van der Waals surface area contributed by atoms with Gasteiger partial charge in [-0.05, 0) is 0 Å². The van der Waals surface area contributed by atoms with E-state index < -0.39 is 31.0 Å². The highest BCUT2D eigenvalue weighted by atomic mass is 19.4. The number of amides is 1. The van der Waals surface area contributed by atoms with Gasteiger partial charge in [0.15, 0.2) is 0 Å². The Hall–Kier alpha value is -0.880. The van der Waals surface area contributed by atoms with Gasteiger partial charge in [-0.3, -0.25) is 4.79 Å². The molecule has 0 spiro atoms. The second-order valence-electron chi connectivity index (χ2n) is 2.44. The van der Waals surface area contributed by atoms with E-state index in [1.54, 1.807) is 0 Å². The van der Waals surface area contributed by atoms with E-state index in [2.05, 4.69) is 0 Å². The quantitative estimate of drug-likeness (QED) is 0.698. The molecule has 0 radical (unpaired) electrons. The molecule has 78 valence electrons. The maximum Gasteiger partial charge on any atom is 0.453 e. The monoisotopic (exact) mass is 205 g/mol. The van der Waals surface area contributed by atoms with Crippen LogP contribution in [0, 0.1) is 0 Å². The van der Waals surface area contributed by atoms with Crippen molar-refractivity contribution in [1.29, 1.82) is 0 Å². The first-order valence-electron chi connectivity index (χ1n) is 3.36. The molecule has 7 heteroatoms. The molecule has 1 amide bonds. The third kappa shape index (κ3) is 4.05. The van der Waals surface area contributed by atoms with Crippen molar-refractivity contribution in [3.8, 4) is 0 Å². The van der Waals surface area contributed by atoms with Crippen molar-refractivity contribution in [2.45, 2.75) is 25.4 Å². The van der Waals surface area contributed by atoms with E-state index in [1.165, 1.54) is 0 Å². The van der Waals surface area contributed by atoms with Crippen LogP contribution in [0.25, 0.3) is 0 Å². The van der Waals surface area contributed by atoms with Gasteiger partial charge in [-0.2, -0.15) is 22.0 Å². The summed E-state index contributed by atoms with van der Waals surface area (Å²) in [7, 11) is 0. The summed E-state index contributed by atoms with van der Waals surface area (Å²) in [6, 6.07) is 0. The predicted molar refractivity (Wildman–Crippen MR) is 34.3 cm³/mol. The van der Waals surface area contributed by atoms with Crippen molar-refractivity contribution in [1.82, 2.24) is 5.32 Å². The molecule has 0 saturated heterocycles. The third-order valence-corrected chi connectivity index (χ3v) is 1.23. The first-order chi connectivity index (χ1) is 5.67. The van der Waals surface area contributed by atoms with Crippen LogP contribution < -0.4 is 5.32 Å². The minimum Gasteiger partial charge on any atom is -0.356 e. The van der Waals surface area contributed by atoms with Crippen LogP contribution in [-0.2, 0) is 4.79 Å². The molecule has 0 rings (SSSR count). The molecule has 0 aromatic rings. The minimum atomic E-state index is -5.55. The van der Waals surface area contributed by atoms with Gasteiger partial charge in [-0.25, -0.2) is 0 Å². The predicted octanol–water partition coefficient (Wildman–Crippen LogP) is 1.71.